The van der Waals surface area contributed by atoms with E-state index in [-0.39, 0.29) is 11.2 Å². The average molecular weight is 268 g/mol. The third-order valence-electron chi connectivity index (χ3n) is 4.72. The van der Waals surface area contributed by atoms with Crippen LogP contribution in [0.4, 0.5) is 4.39 Å². The zero-order chi connectivity index (χ0) is 12.8. The Morgan fingerprint density at radius 3 is 2.67 bits per heavy atom. The first-order valence-electron chi connectivity index (χ1n) is 6.81. The van der Waals surface area contributed by atoms with E-state index in [0.29, 0.717) is 17.0 Å². The highest BCUT2D eigenvalue weighted by Crippen LogP contribution is 2.50. The van der Waals surface area contributed by atoms with Gasteiger partial charge in [-0.2, -0.15) is 0 Å². The molecule has 0 spiro atoms. The molecule has 0 aromatic heterocycles. The van der Waals surface area contributed by atoms with E-state index in [1.54, 1.807) is 0 Å². The fourth-order valence-electron chi connectivity index (χ4n) is 3.05. The van der Waals surface area contributed by atoms with Gasteiger partial charge in [0.1, 0.15) is 5.82 Å². The van der Waals surface area contributed by atoms with E-state index in [4.69, 9.17) is 11.6 Å². The second kappa shape index (κ2) is 4.50. The number of halogens is 2. The van der Waals surface area contributed by atoms with Crippen molar-refractivity contribution in [3.63, 3.8) is 0 Å². The van der Waals surface area contributed by atoms with E-state index in [1.165, 1.54) is 31.4 Å². The van der Waals surface area contributed by atoms with Crippen molar-refractivity contribution in [2.45, 2.75) is 44.1 Å². The molecular formula is C15H19ClFN. The summed E-state index contributed by atoms with van der Waals surface area (Å²) in [6, 6.07) is 5.56. The first kappa shape index (κ1) is 12.4. The highest BCUT2D eigenvalue weighted by Gasteiger charge is 2.46. The second-order valence-corrected chi connectivity index (χ2v) is 6.28. The highest BCUT2D eigenvalue weighted by molar-refractivity contribution is 6.31. The molecule has 2 saturated carbocycles. The quantitative estimate of drug-likeness (QED) is 0.872. The van der Waals surface area contributed by atoms with Crippen molar-refractivity contribution in [1.29, 1.82) is 0 Å². The minimum Gasteiger partial charge on any atom is -0.313 e. The smallest absolute Gasteiger partial charge is 0.124 e. The predicted octanol–water partition coefficient (Wildman–Crippen LogP) is 3.90. The fraction of sp³-hybridized carbons (Fsp3) is 0.600. The van der Waals surface area contributed by atoms with Crippen molar-refractivity contribution in [2.75, 3.05) is 6.54 Å². The summed E-state index contributed by atoms with van der Waals surface area (Å²) in [6.45, 7) is 3.25. The Morgan fingerprint density at radius 1 is 1.39 bits per heavy atom. The van der Waals surface area contributed by atoms with Gasteiger partial charge < -0.3 is 5.32 Å². The number of hydrogen-bond donors (Lipinski definition) is 1. The summed E-state index contributed by atoms with van der Waals surface area (Å²) in [4.78, 5) is 0. The molecule has 3 rings (SSSR count). The van der Waals surface area contributed by atoms with Gasteiger partial charge in [0.25, 0.3) is 0 Å². The summed E-state index contributed by atoms with van der Waals surface area (Å²) in [5.41, 5.74) is 1.24. The normalized spacial score (nSPS) is 31.2. The summed E-state index contributed by atoms with van der Waals surface area (Å²) < 4.78 is 13.2. The first-order valence-corrected chi connectivity index (χ1v) is 7.18. The largest absolute Gasteiger partial charge is 0.313 e. The fourth-order valence-corrected chi connectivity index (χ4v) is 3.40. The van der Waals surface area contributed by atoms with Crippen LogP contribution in [0, 0.1) is 11.7 Å². The molecular weight excluding hydrogens is 249 g/mol. The summed E-state index contributed by atoms with van der Waals surface area (Å²) in [5.74, 6) is 0.368. The molecule has 1 aromatic rings. The minimum atomic E-state index is -0.249. The van der Waals surface area contributed by atoms with E-state index < -0.39 is 0 Å². The van der Waals surface area contributed by atoms with Gasteiger partial charge >= 0.3 is 0 Å². The van der Waals surface area contributed by atoms with Crippen LogP contribution < -0.4 is 5.32 Å². The summed E-state index contributed by atoms with van der Waals surface area (Å²) in [5, 5.41) is 4.20. The molecule has 1 N–H and O–H groups in total. The monoisotopic (exact) mass is 267 g/mol. The van der Waals surface area contributed by atoms with Crippen LogP contribution in [0.5, 0.6) is 0 Å². The molecule has 3 heteroatoms. The summed E-state index contributed by atoms with van der Waals surface area (Å²) in [7, 11) is 0. The van der Waals surface area contributed by atoms with Crippen molar-refractivity contribution in [3.05, 3.63) is 34.6 Å². The maximum absolute atomic E-state index is 13.2. The lowest BCUT2D eigenvalue weighted by Crippen LogP contribution is -2.50. The second-order valence-electron chi connectivity index (χ2n) is 5.88. The number of nitrogens with one attached hydrogen (secondary N) is 1. The molecule has 2 aliphatic carbocycles. The zero-order valence-electron chi connectivity index (χ0n) is 10.7. The van der Waals surface area contributed by atoms with E-state index in [1.807, 2.05) is 6.07 Å². The Hall–Kier alpha value is -0.600. The molecule has 0 heterocycles. The topological polar surface area (TPSA) is 12.0 Å². The molecule has 0 bridgehead atoms. The molecule has 2 aliphatic rings. The van der Waals surface area contributed by atoms with Crippen LogP contribution in [-0.2, 0) is 5.41 Å². The number of benzene rings is 1. The minimum absolute atomic E-state index is 0.118. The van der Waals surface area contributed by atoms with E-state index >= 15 is 0 Å². The molecule has 2 fully saturated rings. The van der Waals surface area contributed by atoms with Gasteiger partial charge in [-0.15, -0.1) is 0 Å². The van der Waals surface area contributed by atoms with Gasteiger partial charge in [0.15, 0.2) is 0 Å². The molecule has 98 valence electrons. The highest BCUT2D eigenvalue weighted by atomic mass is 35.5. The van der Waals surface area contributed by atoms with Gasteiger partial charge in [0, 0.05) is 23.0 Å². The van der Waals surface area contributed by atoms with Gasteiger partial charge in [-0.1, -0.05) is 24.6 Å². The van der Waals surface area contributed by atoms with Gasteiger partial charge in [-0.05, 0) is 49.3 Å². The van der Waals surface area contributed by atoms with Crippen molar-refractivity contribution in [1.82, 2.24) is 5.32 Å². The Balaban J connectivity index is 1.87. The molecule has 0 aliphatic heterocycles. The van der Waals surface area contributed by atoms with Crippen LogP contribution in [0.25, 0.3) is 0 Å². The first-order chi connectivity index (χ1) is 8.62. The Morgan fingerprint density at radius 2 is 2.17 bits per heavy atom. The van der Waals surface area contributed by atoms with Gasteiger partial charge in [0.2, 0.25) is 0 Å². The predicted molar refractivity (Wildman–Crippen MR) is 72.5 cm³/mol. The lowest BCUT2D eigenvalue weighted by molar-refractivity contribution is 0.133. The van der Waals surface area contributed by atoms with Crippen LogP contribution in [0.1, 0.15) is 38.2 Å². The summed E-state index contributed by atoms with van der Waals surface area (Å²) in [6.07, 6.45) is 4.97. The molecule has 0 radical (unpaired) electrons. The number of hydrogen-bond acceptors (Lipinski definition) is 1. The molecule has 0 amide bonds. The van der Waals surface area contributed by atoms with Crippen LogP contribution in [0.15, 0.2) is 18.2 Å². The van der Waals surface area contributed by atoms with Crippen molar-refractivity contribution in [2.24, 2.45) is 5.92 Å². The van der Waals surface area contributed by atoms with Crippen molar-refractivity contribution < 1.29 is 4.39 Å². The van der Waals surface area contributed by atoms with Crippen LogP contribution >= 0.6 is 11.6 Å². The van der Waals surface area contributed by atoms with Crippen LogP contribution in [0.3, 0.4) is 0 Å². The Kier molecular flexibility index (Phi) is 3.11. The Labute approximate surface area is 113 Å². The molecule has 2 unspecified atom stereocenters. The van der Waals surface area contributed by atoms with Crippen molar-refractivity contribution >= 4 is 11.6 Å². The maximum atomic E-state index is 13.2. The molecule has 18 heavy (non-hydrogen) atoms. The van der Waals surface area contributed by atoms with Crippen LogP contribution in [0.2, 0.25) is 5.02 Å². The SMILES string of the molecule is CC1CCC1(CNC1CC1)c1ccc(F)cc1Cl. The molecule has 1 aromatic carbocycles. The molecule has 2 atom stereocenters. The third-order valence-corrected chi connectivity index (χ3v) is 5.03. The maximum Gasteiger partial charge on any atom is 0.124 e. The van der Waals surface area contributed by atoms with Crippen molar-refractivity contribution in [3.8, 4) is 0 Å². The van der Waals surface area contributed by atoms with E-state index in [0.717, 1.165) is 18.5 Å². The lowest BCUT2D eigenvalue weighted by atomic mass is 9.57. The van der Waals surface area contributed by atoms with Gasteiger partial charge in [0.05, 0.1) is 0 Å². The van der Waals surface area contributed by atoms with E-state index in [2.05, 4.69) is 12.2 Å². The lowest BCUT2D eigenvalue weighted by Gasteiger charge is -2.49. The standard InChI is InChI=1S/C15H19ClFN/c1-10-6-7-15(10,9-18-12-3-4-12)13-5-2-11(17)8-14(13)16/h2,5,8,10,12,18H,3-4,6-7,9H2,1H3. The zero-order valence-corrected chi connectivity index (χ0v) is 11.4. The Bertz CT molecular complexity index is 458. The third kappa shape index (κ3) is 2.06. The van der Waals surface area contributed by atoms with E-state index in [9.17, 15) is 4.39 Å². The molecule has 1 nitrogen and oxygen atoms in total. The summed E-state index contributed by atoms with van der Waals surface area (Å²) >= 11 is 6.26. The van der Waals surface area contributed by atoms with Gasteiger partial charge in [-0.3, -0.25) is 0 Å². The van der Waals surface area contributed by atoms with Gasteiger partial charge in [-0.25, -0.2) is 4.39 Å². The average Bonchev–Trinajstić information content (AvgIpc) is 3.14. The molecule has 0 saturated heterocycles. The van der Waals surface area contributed by atoms with Crippen LogP contribution in [-0.4, -0.2) is 12.6 Å². The number of rotatable bonds is 4.